The quantitative estimate of drug-likeness (QED) is 0.900. The fourth-order valence-corrected chi connectivity index (χ4v) is 1.86. The summed E-state index contributed by atoms with van der Waals surface area (Å²) in [6.45, 7) is 7.73. The summed E-state index contributed by atoms with van der Waals surface area (Å²) in [5, 5.41) is 9.65. The maximum absolute atomic E-state index is 11.9. The Hall–Kier alpha value is -2.30. The number of anilines is 1. The molecule has 0 spiro atoms. The van der Waals surface area contributed by atoms with Gasteiger partial charge in [0.05, 0.1) is 17.1 Å². The summed E-state index contributed by atoms with van der Waals surface area (Å²) in [7, 11) is 0. The van der Waals surface area contributed by atoms with E-state index in [-0.39, 0.29) is 12.5 Å². The van der Waals surface area contributed by atoms with Crippen LogP contribution in [0.1, 0.15) is 22.5 Å². The molecule has 1 amide bonds. The van der Waals surface area contributed by atoms with Gasteiger partial charge in [0.2, 0.25) is 0 Å². The van der Waals surface area contributed by atoms with E-state index in [9.17, 15) is 4.79 Å². The zero-order valence-electron chi connectivity index (χ0n) is 12.2. The van der Waals surface area contributed by atoms with Crippen molar-refractivity contribution >= 4 is 11.6 Å². The minimum absolute atomic E-state index is 0.0213. The molecule has 0 radical (unpaired) electrons. The van der Waals surface area contributed by atoms with Crippen molar-refractivity contribution in [3.05, 3.63) is 40.7 Å². The number of ether oxygens (including phenoxy) is 1. The summed E-state index contributed by atoms with van der Waals surface area (Å²) in [5.74, 6) is 0.500. The molecule has 0 atom stereocenters. The molecule has 5 nitrogen and oxygen atoms in total. The van der Waals surface area contributed by atoms with Crippen LogP contribution in [-0.2, 0) is 4.79 Å². The number of nitrogens with one attached hydrogen (secondary N) is 2. The summed E-state index contributed by atoms with van der Waals surface area (Å²) >= 11 is 0. The van der Waals surface area contributed by atoms with Crippen LogP contribution in [0.3, 0.4) is 0 Å². The lowest BCUT2D eigenvalue weighted by molar-refractivity contribution is -0.118. The molecule has 1 aromatic carbocycles. The van der Waals surface area contributed by atoms with Crippen LogP contribution in [-0.4, -0.2) is 22.7 Å². The number of carbonyl (C=O) groups excluding carboxylic acids is 1. The maximum Gasteiger partial charge on any atom is 0.262 e. The normalized spacial score (nSPS) is 10.4. The van der Waals surface area contributed by atoms with Crippen molar-refractivity contribution < 1.29 is 9.53 Å². The second-order valence-corrected chi connectivity index (χ2v) is 4.89. The molecule has 106 valence electrons. The van der Waals surface area contributed by atoms with Crippen molar-refractivity contribution in [1.82, 2.24) is 10.2 Å². The number of aromatic amines is 1. The lowest BCUT2D eigenvalue weighted by Gasteiger charge is -2.09. The van der Waals surface area contributed by atoms with Crippen LogP contribution < -0.4 is 10.1 Å². The summed E-state index contributed by atoms with van der Waals surface area (Å²) < 4.78 is 5.49. The predicted molar refractivity (Wildman–Crippen MR) is 78.1 cm³/mol. The number of rotatable bonds is 4. The van der Waals surface area contributed by atoms with Crippen LogP contribution in [0.15, 0.2) is 18.2 Å². The number of carbonyl (C=O) groups is 1. The molecule has 0 bridgehead atoms. The lowest BCUT2D eigenvalue weighted by Crippen LogP contribution is -2.20. The molecule has 2 rings (SSSR count). The summed E-state index contributed by atoms with van der Waals surface area (Å²) in [4.78, 5) is 11.9. The molecule has 0 aliphatic rings. The number of benzene rings is 1. The highest BCUT2D eigenvalue weighted by atomic mass is 16.5. The van der Waals surface area contributed by atoms with Crippen LogP contribution in [0.2, 0.25) is 0 Å². The Bertz CT molecular complexity index is 613. The predicted octanol–water partition coefficient (Wildman–Crippen LogP) is 2.66. The topological polar surface area (TPSA) is 67.0 Å². The Kier molecular flexibility index (Phi) is 4.08. The third-order valence-corrected chi connectivity index (χ3v) is 3.24. The first kappa shape index (κ1) is 14.1. The van der Waals surface area contributed by atoms with Gasteiger partial charge in [-0.25, -0.2) is 0 Å². The second-order valence-electron chi connectivity index (χ2n) is 4.89. The van der Waals surface area contributed by atoms with Gasteiger partial charge < -0.3 is 10.1 Å². The smallest absolute Gasteiger partial charge is 0.262 e. The number of aromatic nitrogens is 2. The molecule has 0 aliphatic carbocycles. The third-order valence-electron chi connectivity index (χ3n) is 3.24. The number of amides is 1. The molecular formula is C15H19N3O2. The molecule has 0 unspecified atom stereocenters. The molecule has 0 saturated carbocycles. The second kappa shape index (κ2) is 5.77. The zero-order valence-corrected chi connectivity index (χ0v) is 12.2. The summed E-state index contributed by atoms with van der Waals surface area (Å²) in [6, 6.07) is 5.77. The fraction of sp³-hybridized carbons (Fsp3) is 0.333. The van der Waals surface area contributed by atoms with Gasteiger partial charge in [-0.15, -0.1) is 0 Å². The number of hydrogen-bond donors (Lipinski definition) is 2. The van der Waals surface area contributed by atoms with E-state index in [1.54, 1.807) is 0 Å². The molecule has 0 fully saturated rings. The van der Waals surface area contributed by atoms with Crippen LogP contribution >= 0.6 is 0 Å². The first-order valence-corrected chi connectivity index (χ1v) is 6.49. The number of nitrogens with zero attached hydrogens (tertiary/aromatic N) is 1. The van der Waals surface area contributed by atoms with Gasteiger partial charge in [0.15, 0.2) is 6.61 Å². The van der Waals surface area contributed by atoms with Crippen LogP contribution in [0, 0.1) is 27.7 Å². The molecule has 0 aliphatic heterocycles. The Morgan fingerprint density at radius 1 is 1.25 bits per heavy atom. The highest BCUT2D eigenvalue weighted by molar-refractivity contribution is 5.92. The van der Waals surface area contributed by atoms with Crippen molar-refractivity contribution in [2.75, 3.05) is 11.9 Å². The van der Waals surface area contributed by atoms with E-state index >= 15 is 0 Å². The van der Waals surface area contributed by atoms with E-state index < -0.39 is 0 Å². The van der Waals surface area contributed by atoms with E-state index in [1.165, 1.54) is 5.56 Å². The van der Waals surface area contributed by atoms with Crippen LogP contribution in [0.4, 0.5) is 5.69 Å². The van der Waals surface area contributed by atoms with Gasteiger partial charge in [-0.1, -0.05) is 6.07 Å². The molecular weight excluding hydrogens is 254 g/mol. The largest absolute Gasteiger partial charge is 0.484 e. The Balaban J connectivity index is 1.94. The van der Waals surface area contributed by atoms with Crippen molar-refractivity contribution in [2.24, 2.45) is 0 Å². The molecule has 2 aromatic rings. The van der Waals surface area contributed by atoms with E-state index in [0.29, 0.717) is 5.75 Å². The highest BCUT2D eigenvalue weighted by Crippen LogP contribution is 2.18. The molecule has 5 heteroatoms. The zero-order chi connectivity index (χ0) is 14.7. The van der Waals surface area contributed by atoms with Gasteiger partial charge in [-0.05, 0) is 51.0 Å². The van der Waals surface area contributed by atoms with E-state index in [4.69, 9.17) is 4.74 Å². The Morgan fingerprint density at radius 2 is 2.00 bits per heavy atom. The van der Waals surface area contributed by atoms with Crippen molar-refractivity contribution in [3.8, 4) is 5.75 Å². The maximum atomic E-state index is 11.9. The Morgan fingerprint density at radius 3 is 2.60 bits per heavy atom. The number of hydrogen-bond acceptors (Lipinski definition) is 3. The van der Waals surface area contributed by atoms with Gasteiger partial charge in [0.25, 0.3) is 5.91 Å². The molecule has 20 heavy (non-hydrogen) atoms. The first-order valence-electron chi connectivity index (χ1n) is 6.49. The van der Waals surface area contributed by atoms with Crippen molar-refractivity contribution in [1.29, 1.82) is 0 Å². The minimum atomic E-state index is -0.198. The van der Waals surface area contributed by atoms with Crippen LogP contribution in [0.5, 0.6) is 5.75 Å². The highest BCUT2D eigenvalue weighted by Gasteiger charge is 2.10. The molecule has 1 heterocycles. The summed E-state index contributed by atoms with van der Waals surface area (Å²) in [5.41, 5.74) is 4.67. The first-order chi connectivity index (χ1) is 9.47. The van der Waals surface area contributed by atoms with Crippen molar-refractivity contribution in [2.45, 2.75) is 27.7 Å². The number of H-pyrrole nitrogens is 1. The van der Waals surface area contributed by atoms with Gasteiger partial charge in [0, 0.05) is 0 Å². The van der Waals surface area contributed by atoms with Gasteiger partial charge in [-0.3, -0.25) is 9.89 Å². The molecule has 0 saturated heterocycles. The third kappa shape index (κ3) is 3.17. The fourth-order valence-electron chi connectivity index (χ4n) is 1.86. The van der Waals surface area contributed by atoms with Crippen molar-refractivity contribution in [3.63, 3.8) is 0 Å². The van der Waals surface area contributed by atoms with Gasteiger partial charge in [-0.2, -0.15) is 5.10 Å². The van der Waals surface area contributed by atoms with Gasteiger partial charge >= 0.3 is 0 Å². The summed E-state index contributed by atoms with van der Waals surface area (Å²) in [6.07, 6.45) is 0. The average Bonchev–Trinajstić information content (AvgIpc) is 2.72. The SMILES string of the molecule is Cc1ccc(OCC(=O)Nc2c(C)n[nH]c2C)cc1C. The van der Waals surface area contributed by atoms with E-state index in [1.807, 2.05) is 45.9 Å². The lowest BCUT2D eigenvalue weighted by atomic mass is 10.1. The van der Waals surface area contributed by atoms with Gasteiger partial charge in [0.1, 0.15) is 5.75 Å². The molecule has 1 aromatic heterocycles. The van der Waals surface area contributed by atoms with Crippen LogP contribution in [0.25, 0.3) is 0 Å². The molecule has 2 N–H and O–H groups in total. The van der Waals surface area contributed by atoms with E-state index in [2.05, 4.69) is 15.5 Å². The monoisotopic (exact) mass is 273 g/mol. The minimum Gasteiger partial charge on any atom is -0.484 e. The standard InChI is InChI=1S/C15H19N3O2/c1-9-5-6-13(7-10(9)2)20-8-14(19)16-15-11(3)17-18-12(15)4/h5-7H,8H2,1-4H3,(H,16,19)(H,17,18). The number of aryl methyl sites for hydroxylation is 4. The Labute approximate surface area is 118 Å². The van der Waals surface area contributed by atoms with E-state index in [0.717, 1.165) is 22.6 Å². The average molecular weight is 273 g/mol.